The van der Waals surface area contributed by atoms with E-state index in [2.05, 4.69) is 4.98 Å². The predicted molar refractivity (Wildman–Crippen MR) is 116 cm³/mol. The first-order chi connectivity index (χ1) is 14.0. The molecule has 0 unspecified atom stereocenters. The highest BCUT2D eigenvalue weighted by Gasteiger charge is 2.16. The van der Waals surface area contributed by atoms with Gasteiger partial charge < -0.3 is 19.7 Å². The Labute approximate surface area is 171 Å². The number of nitrogens with one attached hydrogen (secondary N) is 1. The number of hydrogen-bond acceptors (Lipinski definition) is 4. The molecule has 0 bridgehead atoms. The van der Waals surface area contributed by atoms with E-state index < -0.39 is 6.09 Å². The molecule has 4 rings (SSSR count). The molecule has 7 heteroatoms. The molecule has 0 aliphatic carbocycles. The third-order valence-electron chi connectivity index (χ3n) is 5.08. The molecule has 4 aromatic rings. The average molecular weight is 408 g/mol. The molecule has 2 aromatic heterocycles. The smallest absolute Gasteiger partial charge is 0.407 e. The summed E-state index contributed by atoms with van der Waals surface area (Å²) in [5.41, 5.74) is 3.64. The van der Waals surface area contributed by atoms with Crippen molar-refractivity contribution < 1.29 is 14.6 Å². The maximum Gasteiger partial charge on any atom is 0.407 e. The molecular weight excluding hydrogens is 388 g/mol. The molecule has 0 atom stereocenters. The molecule has 0 spiro atoms. The lowest BCUT2D eigenvalue weighted by atomic mass is 9.96. The third kappa shape index (κ3) is 3.45. The normalized spacial score (nSPS) is 11.1. The van der Waals surface area contributed by atoms with E-state index in [9.17, 15) is 9.59 Å². The topological polar surface area (TPSA) is 82.6 Å². The number of amides is 1. The summed E-state index contributed by atoms with van der Waals surface area (Å²) in [7, 11) is 3.20. The lowest BCUT2D eigenvalue weighted by Crippen LogP contribution is -2.26. The summed E-state index contributed by atoms with van der Waals surface area (Å²) in [5, 5.41) is 12.8. The number of H-pyrrole nitrogens is 1. The summed E-state index contributed by atoms with van der Waals surface area (Å²) in [4.78, 5) is 27.5. The van der Waals surface area contributed by atoms with Gasteiger partial charge >= 0.3 is 6.09 Å². The fourth-order valence-electron chi connectivity index (χ4n) is 3.52. The van der Waals surface area contributed by atoms with Crippen molar-refractivity contribution in [2.75, 3.05) is 20.7 Å². The maximum atomic E-state index is 12.4. The number of carbonyl (C=O) groups is 1. The predicted octanol–water partition coefficient (Wildman–Crippen LogP) is 4.57. The summed E-state index contributed by atoms with van der Waals surface area (Å²) >= 11 is 1.42. The molecule has 2 heterocycles. The van der Waals surface area contributed by atoms with Gasteiger partial charge in [-0.2, -0.15) is 0 Å². The van der Waals surface area contributed by atoms with Crippen molar-refractivity contribution in [2.24, 2.45) is 0 Å². The monoisotopic (exact) mass is 408 g/mol. The standard InChI is InChI=1S/C22H20N2O4S/c1-24(22(26)27)11-9-13-3-5-14(6-4-13)18-17(28-2)8-7-16-19(18)15-10-12-29-20(15)21(25)23-16/h3-8,10,12H,9,11H2,1-2H3,(H,23,25)(H,26,27). The van der Waals surface area contributed by atoms with Crippen LogP contribution in [0, 0.1) is 0 Å². The summed E-state index contributed by atoms with van der Waals surface area (Å²) in [6, 6.07) is 13.7. The largest absolute Gasteiger partial charge is 0.496 e. The van der Waals surface area contributed by atoms with Crippen LogP contribution < -0.4 is 10.3 Å². The number of aromatic nitrogens is 1. The Balaban J connectivity index is 1.82. The summed E-state index contributed by atoms with van der Waals surface area (Å²) in [5.74, 6) is 0.732. The second kappa shape index (κ2) is 7.60. The van der Waals surface area contributed by atoms with Gasteiger partial charge in [0.1, 0.15) is 10.4 Å². The quantitative estimate of drug-likeness (QED) is 0.507. The minimum absolute atomic E-state index is 0.0866. The van der Waals surface area contributed by atoms with Crippen molar-refractivity contribution in [1.29, 1.82) is 0 Å². The summed E-state index contributed by atoms with van der Waals surface area (Å²) in [6.45, 7) is 0.434. The molecule has 0 aliphatic heterocycles. The molecule has 148 valence electrons. The van der Waals surface area contributed by atoms with Crippen LogP contribution in [0.25, 0.3) is 32.1 Å². The lowest BCUT2D eigenvalue weighted by molar-refractivity contribution is 0.156. The number of pyridine rings is 1. The van der Waals surface area contributed by atoms with Crippen LogP contribution in [0.5, 0.6) is 5.75 Å². The number of hydrogen-bond donors (Lipinski definition) is 2. The molecule has 1 amide bonds. The van der Waals surface area contributed by atoms with Gasteiger partial charge in [0.25, 0.3) is 5.56 Å². The van der Waals surface area contributed by atoms with Crippen molar-refractivity contribution in [3.8, 4) is 16.9 Å². The van der Waals surface area contributed by atoms with E-state index in [1.54, 1.807) is 14.2 Å². The van der Waals surface area contributed by atoms with Gasteiger partial charge in [0.15, 0.2) is 0 Å². The Morgan fingerprint density at radius 2 is 1.93 bits per heavy atom. The fraction of sp³-hybridized carbons (Fsp3) is 0.182. The van der Waals surface area contributed by atoms with Gasteiger partial charge in [0.05, 0.1) is 7.11 Å². The number of rotatable bonds is 5. The van der Waals surface area contributed by atoms with E-state index in [0.717, 1.165) is 38.7 Å². The molecule has 0 saturated carbocycles. The van der Waals surface area contributed by atoms with Gasteiger partial charge in [-0.25, -0.2) is 4.79 Å². The maximum absolute atomic E-state index is 12.4. The van der Waals surface area contributed by atoms with Crippen molar-refractivity contribution >= 4 is 38.4 Å². The van der Waals surface area contributed by atoms with Crippen LogP contribution in [0.4, 0.5) is 4.79 Å². The van der Waals surface area contributed by atoms with E-state index >= 15 is 0 Å². The molecule has 0 aliphatic rings. The lowest BCUT2D eigenvalue weighted by Gasteiger charge is -2.15. The van der Waals surface area contributed by atoms with Gasteiger partial charge in [-0.15, -0.1) is 11.3 Å². The number of nitrogens with zero attached hydrogens (tertiary/aromatic N) is 1. The average Bonchev–Trinajstić information content (AvgIpc) is 3.22. The van der Waals surface area contributed by atoms with Gasteiger partial charge in [0, 0.05) is 35.4 Å². The van der Waals surface area contributed by atoms with E-state index in [4.69, 9.17) is 9.84 Å². The van der Waals surface area contributed by atoms with Crippen LogP contribution in [0.3, 0.4) is 0 Å². The molecule has 29 heavy (non-hydrogen) atoms. The number of likely N-dealkylation sites (N-methyl/N-ethyl adjacent to an activating group) is 1. The van der Waals surface area contributed by atoms with Gasteiger partial charge in [-0.3, -0.25) is 4.79 Å². The van der Waals surface area contributed by atoms with Crippen LogP contribution in [-0.4, -0.2) is 41.8 Å². The van der Waals surface area contributed by atoms with Crippen LogP contribution in [0.15, 0.2) is 52.6 Å². The highest BCUT2D eigenvalue weighted by Crippen LogP contribution is 2.40. The Morgan fingerprint density at radius 1 is 1.17 bits per heavy atom. The Kier molecular flexibility index (Phi) is 4.98. The number of aromatic amines is 1. The van der Waals surface area contributed by atoms with Crippen molar-refractivity contribution in [3.05, 3.63) is 63.8 Å². The number of carboxylic acid groups (broad SMARTS) is 1. The first kappa shape index (κ1) is 19.0. The SMILES string of the molecule is COc1ccc2[nH]c(=O)c3sccc3c2c1-c1ccc(CCN(C)C(=O)O)cc1. The van der Waals surface area contributed by atoms with E-state index in [1.165, 1.54) is 16.2 Å². The van der Waals surface area contributed by atoms with Crippen LogP contribution in [0.1, 0.15) is 5.56 Å². The molecule has 6 nitrogen and oxygen atoms in total. The molecule has 0 fully saturated rings. The van der Waals surface area contributed by atoms with E-state index in [-0.39, 0.29) is 5.56 Å². The van der Waals surface area contributed by atoms with Crippen LogP contribution in [0.2, 0.25) is 0 Å². The number of methoxy groups -OCH3 is 1. The highest BCUT2D eigenvalue weighted by molar-refractivity contribution is 7.17. The van der Waals surface area contributed by atoms with Crippen LogP contribution >= 0.6 is 11.3 Å². The second-order valence-electron chi connectivity index (χ2n) is 6.83. The first-order valence-corrected chi connectivity index (χ1v) is 10.0. The second-order valence-corrected chi connectivity index (χ2v) is 7.75. The van der Waals surface area contributed by atoms with E-state index in [0.29, 0.717) is 17.7 Å². The molecule has 0 radical (unpaired) electrons. The Bertz CT molecular complexity index is 1260. The number of benzene rings is 2. The molecule has 2 aromatic carbocycles. The number of ether oxygens (including phenoxy) is 1. The number of thiophene rings is 1. The van der Waals surface area contributed by atoms with Crippen molar-refractivity contribution in [1.82, 2.24) is 9.88 Å². The third-order valence-corrected chi connectivity index (χ3v) is 5.99. The minimum atomic E-state index is -0.934. The Morgan fingerprint density at radius 3 is 2.62 bits per heavy atom. The Hall–Kier alpha value is -3.32. The zero-order chi connectivity index (χ0) is 20.5. The highest BCUT2D eigenvalue weighted by atomic mass is 32.1. The zero-order valence-electron chi connectivity index (χ0n) is 16.1. The minimum Gasteiger partial charge on any atom is -0.496 e. The van der Waals surface area contributed by atoms with Gasteiger partial charge in [-0.1, -0.05) is 24.3 Å². The van der Waals surface area contributed by atoms with Crippen molar-refractivity contribution in [2.45, 2.75) is 6.42 Å². The molecule has 2 N–H and O–H groups in total. The molecular formula is C22H20N2O4S. The fourth-order valence-corrected chi connectivity index (χ4v) is 4.31. The first-order valence-electron chi connectivity index (χ1n) is 9.13. The van der Waals surface area contributed by atoms with Gasteiger partial charge in [-0.05, 0) is 41.1 Å². The van der Waals surface area contributed by atoms with Gasteiger partial charge in [0.2, 0.25) is 0 Å². The van der Waals surface area contributed by atoms with Crippen molar-refractivity contribution in [3.63, 3.8) is 0 Å². The van der Waals surface area contributed by atoms with Crippen LogP contribution in [-0.2, 0) is 6.42 Å². The summed E-state index contributed by atoms with van der Waals surface area (Å²) in [6.07, 6.45) is -0.298. The molecule has 0 saturated heterocycles. The zero-order valence-corrected chi connectivity index (χ0v) is 16.9. The van der Waals surface area contributed by atoms with E-state index in [1.807, 2.05) is 47.8 Å². The number of fused-ring (bicyclic) bond motifs is 3. The summed E-state index contributed by atoms with van der Waals surface area (Å²) < 4.78 is 6.33.